The summed E-state index contributed by atoms with van der Waals surface area (Å²) in [5, 5.41) is 0. The number of amides is 1. The van der Waals surface area contributed by atoms with Crippen LogP contribution in [0.2, 0.25) is 0 Å². The van der Waals surface area contributed by atoms with Gasteiger partial charge in [0.2, 0.25) is 5.91 Å². The second-order valence-corrected chi connectivity index (χ2v) is 5.12. The molecule has 5 nitrogen and oxygen atoms in total. The number of carbonyl (C=O) groups is 1. The zero-order valence-electron chi connectivity index (χ0n) is 9.93. The third-order valence-electron chi connectivity index (χ3n) is 2.58. The van der Waals surface area contributed by atoms with E-state index in [-0.39, 0.29) is 0 Å². The molecule has 4 N–H and O–H groups in total. The van der Waals surface area contributed by atoms with Gasteiger partial charge in [0.05, 0.1) is 6.04 Å². The van der Waals surface area contributed by atoms with E-state index < -0.39 is 11.9 Å². The minimum atomic E-state index is -0.574. The molecule has 18 heavy (non-hydrogen) atoms. The van der Waals surface area contributed by atoms with Crippen molar-refractivity contribution in [2.45, 2.75) is 17.4 Å². The van der Waals surface area contributed by atoms with Crippen molar-refractivity contribution >= 4 is 17.7 Å². The summed E-state index contributed by atoms with van der Waals surface area (Å²) < 4.78 is 10.9. The van der Waals surface area contributed by atoms with Gasteiger partial charge in [0.15, 0.2) is 11.5 Å². The molecule has 1 aromatic carbocycles. The molecule has 0 aliphatic carbocycles. The third-order valence-corrected chi connectivity index (χ3v) is 3.60. The molecule has 98 valence electrons. The fourth-order valence-corrected chi connectivity index (χ4v) is 2.52. The molecule has 1 aliphatic rings. The number of rotatable bonds is 5. The molecule has 0 fully saturated rings. The van der Waals surface area contributed by atoms with Gasteiger partial charge < -0.3 is 20.9 Å². The van der Waals surface area contributed by atoms with Crippen molar-refractivity contribution in [1.82, 2.24) is 0 Å². The highest BCUT2D eigenvalue weighted by molar-refractivity contribution is 7.99. The average Bonchev–Trinajstić information content (AvgIpc) is 2.38. The van der Waals surface area contributed by atoms with Crippen LogP contribution in [0, 0.1) is 0 Å². The van der Waals surface area contributed by atoms with E-state index >= 15 is 0 Å². The van der Waals surface area contributed by atoms with Crippen LogP contribution in [0.15, 0.2) is 23.1 Å². The summed E-state index contributed by atoms with van der Waals surface area (Å²) in [7, 11) is 0. The number of thioether (sulfide) groups is 1. The standard InChI is InChI=1S/C12H16N2O3S/c13-9(12(14)15)3-6-18-8-1-2-10-11(7-8)17-5-4-16-10/h1-2,7,9H,3-6,13H2,(H2,14,15). The third kappa shape index (κ3) is 3.30. The molecular formula is C12H16N2O3S. The molecule has 1 atom stereocenters. The minimum absolute atomic E-state index is 0.460. The highest BCUT2D eigenvalue weighted by Gasteiger charge is 2.13. The van der Waals surface area contributed by atoms with Crippen molar-refractivity contribution in [2.24, 2.45) is 11.5 Å². The van der Waals surface area contributed by atoms with E-state index in [0.29, 0.717) is 19.6 Å². The molecule has 2 rings (SSSR count). The zero-order chi connectivity index (χ0) is 13.0. The van der Waals surface area contributed by atoms with Crippen LogP contribution in [0.3, 0.4) is 0 Å². The van der Waals surface area contributed by atoms with E-state index in [9.17, 15) is 4.79 Å². The SMILES string of the molecule is NC(=O)C(N)CCSc1ccc2c(c1)OCCO2. The normalized spacial score (nSPS) is 15.2. The van der Waals surface area contributed by atoms with Gasteiger partial charge in [-0.3, -0.25) is 4.79 Å². The van der Waals surface area contributed by atoms with Crippen molar-refractivity contribution in [2.75, 3.05) is 19.0 Å². The number of ether oxygens (including phenoxy) is 2. The van der Waals surface area contributed by atoms with Crippen LogP contribution in [0.4, 0.5) is 0 Å². The molecule has 1 amide bonds. The summed E-state index contributed by atoms with van der Waals surface area (Å²) in [5.41, 5.74) is 10.7. The summed E-state index contributed by atoms with van der Waals surface area (Å²) in [6.07, 6.45) is 0.564. The molecule has 0 radical (unpaired) electrons. The first kappa shape index (κ1) is 13.0. The van der Waals surface area contributed by atoms with Crippen LogP contribution in [-0.2, 0) is 4.79 Å². The van der Waals surface area contributed by atoms with Crippen molar-refractivity contribution in [3.63, 3.8) is 0 Å². The lowest BCUT2D eigenvalue weighted by molar-refractivity contribution is -0.119. The molecule has 6 heteroatoms. The van der Waals surface area contributed by atoms with E-state index in [2.05, 4.69) is 0 Å². The molecule has 0 saturated heterocycles. The van der Waals surface area contributed by atoms with Gasteiger partial charge in [-0.2, -0.15) is 0 Å². The lowest BCUT2D eigenvalue weighted by Crippen LogP contribution is -2.36. The van der Waals surface area contributed by atoms with Gasteiger partial charge in [0.1, 0.15) is 13.2 Å². The van der Waals surface area contributed by atoms with Crippen LogP contribution in [0.25, 0.3) is 0 Å². The van der Waals surface area contributed by atoms with Crippen LogP contribution in [0.5, 0.6) is 11.5 Å². The highest BCUT2D eigenvalue weighted by atomic mass is 32.2. The van der Waals surface area contributed by atoms with E-state index in [0.717, 1.165) is 22.1 Å². The van der Waals surface area contributed by atoms with Gasteiger partial charge in [-0.25, -0.2) is 0 Å². The molecular weight excluding hydrogens is 252 g/mol. The predicted octanol–water partition coefficient (Wildman–Crippen LogP) is 0.753. The maximum Gasteiger partial charge on any atom is 0.234 e. The monoisotopic (exact) mass is 268 g/mol. The Morgan fingerprint density at radius 3 is 2.78 bits per heavy atom. The van der Waals surface area contributed by atoms with Gasteiger partial charge in [0.25, 0.3) is 0 Å². The molecule has 1 aromatic rings. The quantitative estimate of drug-likeness (QED) is 0.769. The van der Waals surface area contributed by atoms with E-state index in [1.54, 1.807) is 11.8 Å². The Morgan fingerprint density at radius 2 is 2.06 bits per heavy atom. The van der Waals surface area contributed by atoms with Crippen molar-refractivity contribution < 1.29 is 14.3 Å². The Morgan fingerprint density at radius 1 is 1.33 bits per heavy atom. The Bertz CT molecular complexity index is 439. The maximum absolute atomic E-state index is 10.8. The number of hydrogen-bond acceptors (Lipinski definition) is 5. The zero-order valence-corrected chi connectivity index (χ0v) is 10.7. The Labute approximate surface area is 110 Å². The first-order chi connectivity index (χ1) is 8.66. The van der Waals surface area contributed by atoms with Gasteiger partial charge >= 0.3 is 0 Å². The number of nitrogens with two attached hydrogens (primary N) is 2. The average molecular weight is 268 g/mol. The molecule has 1 aliphatic heterocycles. The molecule has 1 unspecified atom stereocenters. The Hall–Kier alpha value is -1.40. The molecule has 0 aromatic heterocycles. The van der Waals surface area contributed by atoms with E-state index in [4.69, 9.17) is 20.9 Å². The molecule has 0 bridgehead atoms. The number of hydrogen-bond donors (Lipinski definition) is 2. The Kier molecular flexibility index (Phi) is 4.33. The highest BCUT2D eigenvalue weighted by Crippen LogP contribution is 2.34. The number of fused-ring (bicyclic) bond motifs is 1. The lowest BCUT2D eigenvalue weighted by atomic mass is 10.2. The van der Waals surface area contributed by atoms with Gasteiger partial charge in [-0.1, -0.05) is 0 Å². The summed E-state index contributed by atoms with van der Waals surface area (Å²) in [4.78, 5) is 11.9. The number of carbonyl (C=O) groups excluding carboxylic acids is 1. The van der Waals surface area contributed by atoms with Crippen molar-refractivity contribution in [3.05, 3.63) is 18.2 Å². The van der Waals surface area contributed by atoms with Crippen LogP contribution in [-0.4, -0.2) is 30.9 Å². The van der Waals surface area contributed by atoms with Gasteiger partial charge in [-0.15, -0.1) is 11.8 Å². The minimum Gasteiger partial charge on any atom is -0.486 e. The first-order valence-electron chi connectivity index (χ1n) is 5.74. The molecule has 0 spiro atoms. The molecule has 0 saturated carbocycles. The summed E-state index contributed by atoms with van der Waals surface area (Å²) in [6, 6.07) is 5.23. The van der Waals surface area contributed by atoms with E-state index in [1.807, 2.05) is 18.2 Å². The summed E-state index contributed by atoms with van der Waals surface area (Å²) in [5.74, 6) is 1.83. The van der Waals surface area contributed by atoms with Gasteiger partial charge in [0, 0.05) is 4.90 Å². The van der Waals surface area contributed by atoms with Crippen LogP contribution >= 0.6 is 11.8 Å². The van der Waals surface area contributed by atoms with Gasteiger partial charge in [-0.05, 0) is 30.4 Å². The Balaban J connectivity index is 1.88. The smallest absolute Gasteiger partial charge is 0.234 e. The van der Waals surface area contributed by atoms with E-state index in [1.165, 1.54) is 0 Å². The second kappa shape index (κ2) is 5.97. The topological polar surface area (TPSA) is 87.6 Å². The predicted molar refractivity (Wildman–Crippen MR) is 69.9 cm³/mol. The number of benzene rings is 1. The fraction of sp³-hybridized carbons (Fsp3) is 0.417. The number of primary amides is 1. The second-order valence-electron chi connectivity index (χ2n) is 3.95. The summed E-state index contributed by atoms with van der Waals surface area (Å²) >= 11 is 1.62. The molecule has 1 heterocycles. The van der Waals surface area contributed by atoms with Crippen LogP contribution < -0.4 is 20.9 Å². The van der Waals surface area contributed by atoms with Crippen LogP contribution in [0.1, 0.15) is 6.42 Å². The fourth-order valence-electron chi connectivity index (χ4n) is 1.56. The van der Waals surface area contributed by atoms with Crippen molar-refractivity contribution in [1.29, 1.82) is 0 Å². The first-order valence-corrected chi connectivity index (χ1v) is 6.73. The lowest BCUT2D eigenvalue weighted by Gasteiger charge is -2.18. The summed E-state index contributed by atoms with van der Waals surface area (Å²) in [6.45, 7) is 1.17. The maximum atomic E-state index is 10.8. The largest absolute Gasteiger partial charge is 0.486 e. The van der Waals surface area contributed by atoms with Crippen molar-refractivity contribution in [3.8, 4) is 11.5 Å².